The van der Waals surface area contributed by atoms with E-state index in [1.165, 1.54) is 4.68 Å². The van der Waals surface area contributed by atoms with Crippen molar-refractivity contribution in [1.82, 2.24) is 24.1 Å². The first-order valence-electron chi connectivity index (χ1n) is 5.92. The van der Waals surface area contributed by atoms with E-state index in [0.29, 0.717) is 11.5 Å². The number of hydrogen-bond donors (Lipinski definition) is 1. The fourth-order valence-electron chi connectivity index (χ4n) is 2.05. The third-order valence-electron chi connectivity index (χ3n) is 2.95. The first-order valence-corrected chi connectivity index (χ1v) is 7.78. The van der Waals surface area contributed by atoms with E-state index in [1.807, 2.05) is 0 Å². The van der Waals surface area contributed by atoms with Crippen molar-refractivity contribution >= 4 is 21.6 Å². The monoisotopic (exact) mass is 317 g/mol. The second kappa shape index (κ2) is 5.19. The molecule has 0 aliphatic heterocycles. The standard InChI is InChI=1S/C11H16ClN5O2S/c1-7-9(10(12)17(4)14-7)20(18,19)15-8(2)11-13-5-6-16(11)3/h5-6,8,15H,1-4H3. The molecule has 1 unspecified atom stereocenters. The fourth-order valence-corrected chi connectivity index (χ4v) is 4.01. The molecule has 9 heteroatoms. The second-order valence-electron chi connectivity index (χ2n) is 4.57. The lowest BCUT2D eigenvalue weighted by molar-refractivity contribution is 0.553. The molecule has 0 saturated carbocycles. The van der Waals surface area contributed by atoms with Crippen molar-refractivity contribution in [2.45, 2.75) is 24.8 Å². The quantitative estimate of drug-likeness (QED) is 0.917. The normalized spacial score (nSPS) is 13.7. The second-order valence-corrected chi connectivity index (χ2v) is 6.58. The predicted octanol–water partition coefficient (Wildman–Crippen LogP) is 1.15. The average Bonchev–Trinajstić information content (AvgIpc) is 2.83. The Morgan fingerprint density at radius 2 is 2.05 bits per heavy atom. The number of sulfonamides is 1. The molecule has 2 aromatic rings. The lowest BCUT2D eigenvalue weighted by Crippen LogP contribution is -2.29. The molecule has 1 N–H and O–H groups in total. The Labute approximate surface area is 122 Å². The summed E-state index contributed by atoms with van der Waals surface area (Å²) < 4.78 is 30.5. The summed E-state index contributed by atoms with van der Waals surface area (Å²) in [7, 11) is -0.367. The third kappa shape index (κ3) is 2.58. The molecule has 0 amide bonds. The minimum absolute atomic E-state index is 0.00252. The Bertz CT molecular complexity index is 734. The van der Waals surface area contributed by atoms with E-state index in [4.69, 9.17) is 11.6 Å². The van der Waals surface area contributed by atoms with Crippen LogP contribution in [0.4, 0.5) is 0 Å². The summed E-state index contributed by atoms with van der Waals surface area (Å²) in [4.78, 5) is 4.13. The van der Waals surface area contributed by atoms with Crippen molar-refractivity contribution in [2.75, 3.05) is 0 Å². The van der Waals surface area contributed by atoms with Crippen molar-refractivity contribution in [2.24, 2.45) is 14.1 Å². The minimum atomic E-state index is -3.76. The zero-order chi connectivity index (χ0) is 15.1. The molecule has 0 aromatic carbocycles. The van der Waals surface area contributed by atoms with E-state index >= 15 is 0 Å². The van der Waals surface area contributed by atoms with Gasteiger partial charge < -0.3 is 4.57 Å². The van der Waals surface area contributed by atoms with Crippen LogP contribution in [0.5, 0.6) is 0 Å². The van der Waals surface area contributed by atoms with Gasteiger partial charge >= 0.3 is 0 Å². The lowest BCUT2D eigenvalue weighted by Gasteiger charge is -2.14. The SMILES string of the molecule is Cc1nn(C)c(Cl)c1S(=O)(=O)NC(C)c1nccn1C. The zero-order valence-corrected chi connectivity index (χ0v) is 13.2. The number of nitrogens with one attached hydrogen (secondary N) is 1. The molecule has 2 rings (SSSR count). The molecule has 0 aliphatic carbocycles. The molecule has 7 nitrogen and oxygen atoms in total. The summed E-state index contributed by atoms with van der Waals surface area (Å²) >= 11 is 6.00. The maximum Gasteiger partial charge on any atom is 0.246 e. The number of nitrogens with zero attached hydrogens (tertiary/aromatic N) is 4. The van der Waals surface area contributed by atoms with Crippen molar-refractivity contribution in [1.29, 1.82) is 0 Å². The number of imidazole rings is 1. The van der Waals surface area contributed by atoms with Crippen molar-refractivity contribution in [3.8, 4) is 0 Å². The van der Waals surface area contributed by atoms with Crippen LogP contribution in [0, 0.1) is 6.92 Å². The highest BCUT2D eigenvalue weighted by Gasteiger charge is 2.27. The molecule has 2 heterocycles. The van der Waals surface area contributed by atoms with E-state index in [2.05, 4.69) is 14.8 Å². The summed E-state index contributed by atoms with van der Waals surface area (Å²) in [6.07, 6.45) is 3.37. The van der Waals surface area contributed by atoms with Gasteiger partial charge in [0.05, 0.1) is 11.7 Å². The average molecular weight is 318 g/mol. The predicted molar refractivity (Wildman–Crippen MR) is 74.9 cm³/mol. The van der Waals surface area contributed by atoms with Crippen LogP contribution in [0.1, 0.15) is 24.5 Å². The Morgan fingerprint density at radius 1 is 1.40 bits per heavy atom. The lowest BCUT2D eigenvalue weighted by atomic mass is 10.3. The van der Waals surface area contributed by atoms with Crippen LogP contribution in [-0.2, 0) is 24.1 Å². The number of hydrogen-bond acceptors (Lipinski definition) is 4. The van der Waals surface area contributed by atoms with Crippen LogP contribution < -0.4 is 4.72 Å². The van der Waals surface area contributed by atoms with Gasteiger partial charge in [-0.2, -0.15) is 5.10 Å². The largest absolute Gasteiger partial charge is 0.337 e. The molecular formula is C11H16ClN5O2S. The van der Waals surface area contributed by atoms with Crippen molar-refractivity contribution in [3.63, 3.8) is 0 Å². The molecular weight excluding hydrogens is 302 g/mol. The van der Waals surface area contributed by atoms with Gasteiger partial charge in [0.1, 0.15) is 15.9 Å². The Hall–Kier alpha value is -1.38. The van der Waals surface area contributed by atoms with Gasteiger partial charge in [-0.05, 0) is 13.8 Å². The van der Waals surface area contributed by atoms with E-state index < -0.39 is 16.1 Å². The summed E-state index contributed by atoms with van der Waals surface area (Å²) in [5, 5.41) is 4.09. The van der Waals surface area contributed by atoms with Gasteiger partial charge in [0, 0.05) is 26.5 Å². The van der Waals surface area contributed by atoms with Crippen LogP contribution in [0.15, 0.2) is 17.3 Å². The zero-order valence-electron chi connectivity index (χ0n) is 11.6. The maximum absolute atomic E-state index is 12.4. The van der Waals surface area contributed by atoms with Gasteiger partial charge in [0.25, 0.3) is 0 Å². The topological polar surface area (TPSA) is 81.8 Å². The van der Waals surface area contributed by atoms with Crippen LogP contribution >= 0.6 is 11.6 Å². The number of halogens is 1. The first kappa shape index (κ1) is 15.0. The Kier molecular flexibility index (Phi) is 3.90. The van der Waals surface area contributed by atoms with Crippen molar-refractivity contribution < 1.29 is 8.42 Å². The van der Waals surface area contributed by atoms with E-state index in [1.54, 1.807) is 44.9 Å². The van der Waals surface area contributed by atoms with Crippen LogP contribution in [0.25, 0.3) is 0 Å². The van der Waals surface area contributed by atoms with E-state index in [-0.39, 0.29) is 10.0 Å². The molecule has 0 aliphatic rings. The van der Waals surface area contributed by atoms with Gasteiger partial charge in [-0.25, -0.2) is 18.1 Å². The number of aryl methyl sites for hydroxylation is 3. The fraction of sp³-hybridized carbons (Fsp3) is 0.455. The van der Waals surface area contributed by atoms with E-state index in [0.717, 1.165) is 0 Å². The van der Waals surface area contributed by atoms with Gasteiger partial charge in [-0.15, -0.1) is 0 Å². The molecule has 110 valence electrons. The molecule has 0 fully saturated rings. The molecule has 20 heavy (non-hydrogen) atoms. The smallest absolute Gasteiger partial charge is 0.246 e. The van der Waals surface area contributed by atoms with Gasteiger partial charge in [-0.3, -0.25) is 4.68 Å². The van der Waals surface area contributed by atoms with Crippen LogP contribution in [0.2, 0.25) is 5.15 Å². The summed E-state index contributed by atoms with van der Waals surface area (Å²) in [6, 6.07) is -0.476. The molecule has 0 bridgehead atoms. The molecule has 1 atom stereocenters. The highest BCUT2D eigenvalue weighted by atomic mass is 35.5. The number of rotatable bonds is 4. The minimum Gasteiger partial charge on any atom is -0.337 e. The first-order chi connectivity index (χ1) is 9.24. The summed E-state index contributed by atoms with van der Waals surface area (Å²) in [5.41, 5.74) is 0.358. The molecule has 0 saturated heterocycles. The Balaban J connectivity index is 2.35. The molecule has 0 radical (unpaired) electrons. The van der Waals surface area contributed by atoms with Crippen LogP contribution in [-0.4, -0.2) is 27.7 Å². The van der Waals surface area contributed by atoms with Crippen molar-refractivity contribution in [3.05, 3.63) is 29.1 Å². The number of aromatic nitrogens is 4. The molecule has 2 aromatic heterocycles. The summed E-state index contributed by atoms with van der Waals surface area (Å²) in [5.74, 6) is 0.617. The van der Waals surface area contributed by atoms with Gasteiger partial charge in [0.15, 0.2) is 0 Å². The maximum atomic E-state index is 12.4. The van der Waals surface area contributed by atoms with Gasteiger partial charge in [-0.1, -0.05) is 11.6 Å². The van der Waals surface area contributed by atoms with Gasteiger partial charge in [0.2, 0.25) is 10.0 Å². The highest BCUT2D eigenvalue weighted by Crippen LogP contribution is 2.25. The highest BCUT2D eigenvalue weighted by molar-refractivity contribution is 7.89. The van der Waals surface area contributed by atoms with Crippen LogP contribution in [0.3, 0.4) is 0 Å². The van der Waals surface area contributed by atoms with E-state index in [9.17, 15) is 8.42 Å². The Morgan fingerprint density at radius 3 is 2.50 bits per heavy atom. The molecule has 0 spiro atoms. The third-order valence-corrected chi connectivity index (χ3v) is 5.18. The summed E-state index contributed by atoms with van der Waals surface area (Å²) in [6.45, 7) is 3.32.